The van der Waals surface area contributed by atoms with Crippen molar-refractivity contribution in [2.45, 2.75) is 0 Å². The summed E-state index contributed by atoms with van der Waals surface area (Å²) in [5, 5.41) is 2.86. The largest absolute Gasteiger partial charge is 0.486 e. The van der Waals surface area contributed by atoms with Crippen LogP contribution in [0.15, 0.2) is 23.2 Å². The molecule has 1 N–H and O–H groups in total. The van der Waals surface area contributed by atoms with Gasteiger partial charge in [0.25, 0.3) is 0 Å². The van der Waals surface area contributed by atoms with E-state index < -0.39 is 0 Å². The molecule has 5 nitrogen and oxygen atoms in total. The van der Waals surface area contributed by atoms with Crippen molar-refractivity contribution < 1.29 is 14.3 Å². The number of thioether (sulfide) groups is 2. The van der Waals surface area contributed by atoms with Gasteiger partial charge in [-0.15, -0.1) is 0 Å². The third kappa shape index (κ3) is 3.40. The highest BCUT2D eigenvalue weighted by molar-refractivity contribution is 8.39. The lowest BCUT2D eigenvalue weighted by atomic mass is 10.2. The normalized spacial score (nSPS) is 16.7. The van der Waals surface area contributed by atoms with E-state index in [0.29, 0.717) is 24.7 Å². The van der Waals surface area contributed by atoms with Crippen molar-refractivity contribution >= 4 is 39.5 Å². The van der Waals surface area contributed by atoms with Crippen molar-refractivity contribution in [1.29, 1.82) is 0 Å². The van der Waals surface area contributed by atoms with E-state index in [0.717, 1.165) is 28.1 Å². The first-order valence-electron chi connectivity index (χ1n) is 6.31. The number of fused-ring (bicyclic) bond motifs is 1. The fourth-order valence-electron chi connectivity index (χ4n) is 1.85. The van der Waals surface area contributed by atoms with Crippen molar-refractivity contribution in [2.75, 3.05) is 36.6 Å². The van der Waals surface area contributed by atoms with Gasteiger partial charge in [-0.3, -0.25) is 9.79 Å². The summed E-state index contributed by atoms with van der Waals surface area (Å²) in [6, 6.07) is 5.42. The lowest BCUT2D eigenvalue weighted by Crippen LogP contribution is -2.17. The van der Waals surface area contributed by atoms with Gasteiger partial charge in [0.2, 0.25) is 5.91 Å². The predicted octanol–water partition coefficient (Wildman–Crippen LogP) is 2.23. The first-order chi connectivity index (χ1) is 9.81. The SMILES string of the molecule is O=C(CSC1=NCCS1)Nc1ccc2c(c1)OCCO2. The Balaban J connectivity index is 1.55. The molecule has 106 valence electrons. The number of nitrogens with zero attached hydrogens (tertiary/aromatic N) is 1. The number of anilines is 1. The van der Waals surface area contributed by atoms with Gasteiger partial charge in [0.1, 0.15) is 17.6 Å². The first-order valence-corrected chi connectivity index (χ1v) is 8.28. The van der Waals surface area contributed by atoms with Gasteiger partial charge in [0.15, 0.2) is 11.5 Å². The molecule has 2 aliphatic heterocycles. The second kappa shape index (κ2) is 6.41. The Morgan fingerprint density at radius 3 is 3.00 bits per heavy atom. The third-order valence-corrected chi connectivity index (χ3v) is 4.96. The summed E-state index contributed by atoms with van der Waals surface area (Å²) in [6.07, 6.45) is 0. The zero-order valence-corrected chi connectivity index (χ0v) is 12.4. The van der Waals surface area contributed by atoms with E-state index in [1.807, 2.05) is 12.1 Å². The van der Waals surface area contributed by atoms with Gasteiger partial charge in [-0.1, -0.05) is 23.5 Å². The highest BCUT2D eigenvalue weighted by atomic mass is 32.2. The highest BCUT2D eigenvalue weighted by Crippen LogP contribution is 2.32. The zero-order valence-electron chi connectivity index (χ0n) is 10.8. The van der Waals surface area contributed by atoms with Crippen LogP contribution in [0.2, 0.25) is 0 Å². The lowest BCUT2D eigenvalue weighted by molar-refractivity contribution is -0.113. The molecule has 2 heterocycles. The second-order valence-corrected chi connectivity index (χ2v) is 6.50. The van der Waals surface area contributed by atoms with Crippen LogP contribution in [0.25, 0.3) is 0 Å². The quantitative estimate of drug-likeness (QED) is 0.928. The molecule has 0 saturated carbocycles. The van der Waals surface area contributed by atoms with Crippen LogP contribution in [0.1, 0.15) is 0 Å². The van der Waals surface area contributed by atoms with E-state index in [-0.39, 0.29) is 5.91 Å². The Kier molecular flexibility index (Phi) is 4.37. The number of amides is 1. The van der Waals surface area contributed by atoms with Crippen LogP contribution >= 0.6 is 23.5 Å². The molecule has 3 rings (SSSR count). The Morgan fingerprint density at radius 1 is 1.35 bits per heavy atom. The minimum Gasteiger partial charge on any atom is -0.486 e. The average molecular weight is 310 g/mol. The summed E-state index contributed by atoms with van der Waals surface area (Å²) in [6.45, 7) is 1.96. The predicted molar refractivity (Wildman–Crippen MR) is 83.3 cm³/mol. The van der Waals surface area contributed by atoms with Gasteiger partial charge in [0.05, 0.1) is 12.3 Å². The smallest absolute Gasteiger partial charge is 0.234 e. The molecule has 0 unspecified atom stereocenters. The molecular formula is C13H14N2O3S2. The van der Waals surface area contributed by atoms with Gasteiger partial charge in [-0.2, -0.15) is 0 Å². The Labute approximate surface area is 125 Å². The van der Waals surface area contributed by atoms with Crippen LogP contribution in [0.5, 0.6) is 11.5 Å². The number of hydrogen-bond donors (Lipinski definition) is 1. The second-order valence-electron chi connectivity index (χ2n) is 4.19. The summed E-state index contributed by atoms with van der Waals surface area (Å²) in [5.74, 6) is 2.76. The minimum atomic E-state index is -0.0399. The molecule has 0 atom stereocenters. The van der Waals surface area contributed by atoms with E-state index >= 15 is 0 Å². The molecular weight excluding hydrogens is 296 g/mol. The van der Waals surface area contributed by atoms with Gasteiger partial charge in [0, 0.05) is 17.5 Å². The topological polar surface area (TPSA) is 59.9 Å². The molecule has 1 aromatic rings. The van der Waals surface area contributed by atoms with Crippen LogP contribution < -0.4 is 14.8 Å². The first kappa shape index (κ1) is 13.6. The van der Waals surface area contributed by atoms with Crippen LogP contribution in [0.4, 0.5) is 5.69 Å². The summed E-state index contributed by atoms with van der Waals surface area (Å²) in [5.41, 5.74) is 0.723. The van der Waals surface area contributed by atoms with Crippen molar-refractivity contribution in [1.82, 2.24) is 0 Å². The van der Waals surface area contributed by atoms with Crippen LogP contribution in [0, 0.1) is 0 Å². The van der Waals surface area contributed by atoms with Crippen molar-refractivity contribution in [3.05, 3.63) is 18.2 Å². The molecule has 0 spiro atoms. The summed E-state index contributed by atoms with van der Waals surface area (Å²) in [7, 11) is 0. The number of ether oxygens (including phenoxy) is 2. The number of hydrogen-bond acceptors (Lipinski definition) is 6. The number of aliphatic imine (C=N–C) groups is 1. The van der Waals surface area contributed by atoms with Crippen LogP contribution in [0.3, 0.4) is 0 Å². The van der Waals surface area contributed by atoms with Crippen molar-refractivity contribution in [3.8, 4) is 11.5 Å². The molecule has 0 fully saturated rings. The Hall–Kier alpha value is -1.34. The van der Waals surface area contributed by atoms with Gasteiger partial charge >= 0.3 is 0 Å². The monoisotopic (exact) mass is 310 g/mol. The van der Waals surface area contributed by atoms with Crippen LogP contribution in [-0.2, 0) is 4.79 Å². The molecule has 20 heavy (non-hydrogen) atoms. The molecule has 0 aromatic heterocycles. The maximum Gasteiger partial charge on any atom is 0.234 e. The molecule has 1 aromatic carbocycles. The molecule has 0 radical (unpaired) electrons. The number of carbonyl (C=O) groups is 1. The van der Waals surface area contributed by atoms with Gasteiger partial charge in [-0.25, -0.2) is 0 Å². The van der Waals surface area contributed by atoms with E-state index in [1.54, 1.807) is 17.8 Å². The van der Waals surface area contributed by atoms with E-state index in [4.69, 9.17) is 9.47 Å². The minimum absolute atomic E-state index is 0.0399. The average Bonchev–Trinajstić information content (AvgIpc) is 2.98. The lowest BCUT2D eigenvalue weighted by Gasteiger charge is -2.18. The maximum atomic E-state index is 11.9. The van der Waals surface area contributed by atoms with Crippen molar-refractivity contribution in [2.24, 2.45) is 4.99 Å². The van der Waals surface area contributed by atoms with Gasteiger partial charge in [-0.05, 0) is 12.1 Å². The van der Waals surface area contributed by atoms with E-state index in [1.165, 1.54) is 11.8 Å². The molecule has 7 heteroatoms. The summed E-state index contributed by atoms with van der Waals surface area (Å²) in [4.78, 5) is 16.2. The fraction of sp³-hybridized carbons (Fsp3) is 0.385. The molecule has 0 saturated heterocycles. The third-order valence-electron chi connectivity index (χ3n) is 2.71. The van der Waals surface area contributed by atoms with E-state index in [2.05, 4.69) is 10.3 Å². The van der Waals surface area contributed by atoms with E-state index in [9.17, 15) is 4.79 Å². The summed E-state index contributed by atoms with van der Waals surface area (Å²) < 4.78 is 11.9. The van der Waals surface area contributed by atoms with Crippen molar-refractivity contribution in [3.63, 3.8) is 0 Å². The Bertz CT molecular complexity index is 548. The standard InChI is InChI=1S/C13H14N2O3S2/c16-12(8-20-13-14-3-6-19-13)15-9-1-2-10-11(7-9)18-5-4-17-10/h1-2,7H,3-6,8H2,(H,15,16). The van der Waals surface area contributed by atoms with Gasteiger partial charge < -0.3 is 14.8 Å². The zero-order chi connectivity index (χ0) is 13.8. The molecule has 1 amide bonds. The number of nitrogens with one attached hydrogen (secondary N) is 1. The number of rotatable bonds is 3. The summed E-state index contributed by atoms with van der Waals surface area (Å²) >= 11 is 3.19. The molecule has 0 aliphatic carbocycles. The fourth-order valence-corrected chi connectivity index (χ4v) is 3.66. The number of carbonyl (C=O) groups excluding carboxylic acids is 1. The molecule has 2 aliphatic rings. The maximum absolute atomic E-state index is 11.9. The molecule has 0 bridgehead atoms. The Morgan fingerprint density at radius 2 is 2.20 bits per heavy atom. The number of benzene rings is 1. The highest BCUT2D eigenvalue weighted by Gasteiger charge is 2.14. The van der Waals surface area contributed by atoms with Crippen LogP contribution in [-0.4, -0.2) is 41.5 Å².